The Kier molecular flexibility index (Phi) is 9.61. The Morgan fingerprint density at radius 3 is 2.35 bits per heavy atom. The fourth-order valence-corrected chi connectivity index (χ4v) is 3.46. The number of sulfonamides is 1. The second kappa shape index (κ2) is 11.2. The van der Waals surface area contributed by atoms with Crippen LogP contribution in [-0.4, -0.2) is 51.8 Å². The summed E-state index contributed by atoms with van der Waals surface area (Å²) in [5.74, 6) is -0.581. The zero-order valence-electron chi connectivity index (χ0n) is 15.0. The lowest BCUT2D eigenvalue weighted by atomic mass is 10.1. The van der Waals surface area contributed by atoms with Gasteiger partial charge in [-0.05, 0) is 37.1 Å². The number of methoxy groups -OCH3 is 1. The van der Waals surface area contributed by atoms with Crippen LogP contribution in [0.2, 0.25) is 5.02 Å². The molecule has 1 amide bonds. The summed E-state index contributed by atoms with van der Waals surface area (Å²) in [7, 11) is -1.01. The smallest absolute Gasteiger partial charge is 0.305 e. The van der Waals surface area contributed by atoms with Crippen molar-refractivity contribution in [2.75, 3.05) is 27.2 Å². The van der Waals surface area contributed by atoms with Gasteiger partial charge in [-0.3, -0.25) is 9.59 Å². The molecule has 1 N–H and O–H groups in total. The number of ether oxygens (including phenoxy) is 1. The first-order valence-corrected chi connectivity index (χ1v) is 10.1. The Bertz CT molecular complexity index is 692. The SMILES string of the molecule is COC(=O)CCCCCCNC(=O)CN(C)S(=O)(=O)c1ccc(Cl)cc1. The molecule has 26 heavy (non-hydrogen) atoms. The second-order valence-electron chi connectivity index (χ2n) is 5.81. The van der Waals surface area contributed by atoms with Crippen LogP contribution < -0.4 is 5.32 Å². The highest BCUT2D eigenvalue weighted by Gasteiger charge is 2.22. The number of benzene rings is 1. The lowest BCUT2D eigenvalue weighted by Gasteiger charge is -2.17. The molecule has 0 saturated carbocycles. The molecule has 0 aromatic heterocycles. The van der Waals surface area contributed by atoms with Gasteiger partial charge in [0.15, 0.2) is 0 Å². The van der Waals surface area contributed by atoms with Gasteiger partial charge in [-0.2, -0.15) is 4.31 Å². The minimum Gasteiger partial charge on any atom is -0.469 e. The van der Waals surface area contributed by atoms with Crippen LogP contribution >= 0.6 is 11.6 Å². The van der Waals surface area contributed by atoms with Gasteiger partial charge in [0.2, 0.25) is 15.9 Å². The minimum atomic E-state index is -3.73. The lowest BCUT2D eigenvalue weighted by Crippen LogP contribution is -2.38. The molecule has 0 heterocycles. The summed E-state index contributed by atoms with van der Waals surface area (Å²) >= 11 is 5.76. The molecule has 1 aromatic rings. The third-order valence-corrected chi connectivity index (χ3v) is 5.82. The van der Waals surface area contributed by atoms with Crippen molar-refractivity contribution in [3.05, 3.63) is 29.3 Å². The number of rotatable bonds is 11. The van der Waals surface area contributed by atoms with Crippen molar-refractivity contribution in [3.63, 3.8) is 0 Å². The molecule has 0 radical (unpaired) electrons. The number of nitrogens with one attached hydrogen (secondary N) is 1. The Morgan fingerprint density at radius 1 is 1.12 bits per heavy atom. The van der Waals surface area contributed by atoms with Crippen LogP contribution in [0, 0.1) is 0 Å². The second-order valence-corrected chi connectivity index (χ2v) is 8.29. The number of hydrogen-bond donors (Lipinski definition) is 1. The van der Waals surface area contributed by atoms with Crippen molar-refractivity contribution >= 4 is 33.5 Å². The van der Waals surface area contributed by atoms with Crippen molar-refractivity contribution in [2.24, 2.45) is 0 Å². The number of nitrogens with zero attached hydrogens (tertiary/aromatic N) is 1. The third kappa shape index (κ3) is 7.72. The predicted molar refractivity (Wildman–Crippen MR) is 99.4 cm³/mol. The highest BCUT2D eigenvalue weighted by molar-refractivity contribution is 7.89. The molecule has 146 valence electrons. The van der Waals surface area contributed by atoms with E-state index in [9.17, 15) is 18.0 Å². The van der Waals surface area contributed by atoms with Gasteiger partial charge in [-0.25, -0.2) is 8.42 Å². The number of carbonyl (C=O) groups is 2. The van der Waals surface area contributed by atoms with Crippen molar-refractivity contribution in [1.82, 2.24) is 9.62 Å². The van der Waals surface area contributed by atoms with Crippen molar-refractivity contribution < 1.29 is 22.7 Å². The zero-order valence-corrected chi connectivity index (χ0v) is 16.6. The molecule has 0 saturated heterocycles. The highest BCUT2D eigenvalue weighted by atomic mass is 35.5. The molecule has 0 aliphatic heterocycles. The van der Waals surface area contributed by atoms with Crippen LogP contribution in [0.15, 0.2) is 29.2 Å². The standard InChI is InChI=1S/C17H25ClN2O5S/c1-20(26(23,24)15-10-8-14(18)9-11-15)13-16(21)19-12-6-4-3-5-7-17(22)25-2/h8-11H,3-7,12-13H2,1-2H3,(H,19,21). The molecule has 0 unspecified atom stereocenters. The van der Waals surface area contributed by atoms with Gasteiger partial charge in [0.05, 0.1) is 18.6 Å². The van der Waals surface area contributed by atoms with Gasteiger partial charge in [0, 0.05) is 25.0 Å². The van der Waals surface area contributed by atoms with Gasteiger partial charge in [0.1, 0.15) is 0 Å². The van der Waals surface area contributed by atoms with E-state index in [1.54, 1.807) is 0 Å². The molecule has 0 fully saturated rings. The van der Waals surface area contributed by atoms with Gasteiger partial charge < -0.3 is 10.1 Å². The molecule has 0 spiro atoms. The third-order valence-electron chi connectivity index (χ3n) is 3.75. The number of halogens is 1. The average Bonchev–Trinajstić information content (AvgIpc) is 2.60. The van der Waals surface area contributed by atoms with Crippen molar-refractivity contribution in [1.29, 1.82) is 0 Å². The van der Waals surface area contributed by atoms with E-state index >= 15 is 0 Å². The van der Waals surface area contributed by atoms with Gasteiger partial charge in [-0.1, -0.05) is 24.4 Å². The molecule has 1 rings (SSSR count). The fraction of sp³-hybridized carbons (Fsp3) is 0.529. The van der Waals surface area contributed by atoms with E-state index in [2.05, 4.69) is 10.1 Å². The number of hydrogen-bond acceptors (Lipinski definition) is 5. The Labute approximate surface area is 159 Å². The monoisotopic (exact) mass is 404 g/mol. The Morgan fingerprint density at radius 2 is 1.73 bits per heavy atom. The van der Waals surface area contributed by atoms with Crippen molar-refractivity contribution in [3.8, 4) is 0 Å². The van der Waals surface area contributed by atoms with E-state index in [4.69, 9.17) is 11.6 Å². The molecular formula is C17H25ClN2O5S. The molecule has 0 aliphatic carbocycles. The molecule has 0 aliphatic rings. The Balaban J connectivity index is 2.29. The molecule has 7 nitrogen and oxygen atoms in total. The normalized spacial score (nSPS) is 11.4. The first-order valence-electron chi connectivity index (χ1n) is 8.33. The van der Waals surface area contributed by atoms with E-state index < -0.39 is 10.0 Å². The topological polar surface area (TPSA) is 92.8 Å². The summed E-state index contributed by atoms with van der Waals surface area (Å²) in [5.41, 5.74) is 0. The largest absolute Gasteiger partial charge is 0.469 e. The summed E-state index contributed by atoms with van der Waals surface area (Å²) in [6.07, 6.45) is 3.66. The maximum atomic E-state index is 12.4. The quantitative estimate of drug-likeness (QED) is 0.451. The summed E-state index contributed by atoms with van der Waals surface area (Å²) in [6.45, 7) is 0.208. The van der Waals surface area contributed by atoms with Gasteiger partial charge in [0.25, 0.3) is 0 Å². The summed E-state index contributed by atoms with van der Waals surface area (Å²) < 4.78 is 30.3. The Hall–Kier alpha value is -1.64. The maximum absolute atomic E-state index is 12.4. The number of likely N-dealkylation sites (N-methyl/N-ethyl adjacent to an activating group) is 1. The van der Waals surface area contributed by atoms with Crippen LogP contribution in [0.25, 0.3) is 0 Å². The van der Waals surface area contributed by atoms with Crippen LogP contribution in [0.5, 0.6) is 0 Å². The first kappa shape index (κ1) is 22.4. The lowest BCUT2D eigenvalue weighted by molar-refractivity contribution is -0.140. The van der Waals surface area contributed by atoms with E-state index in [-0.39, 0.29) is 23.3 Å². The number of esters is 1. The molecular weight excluding hydrogens is 380 g/mol. The van der Waals surface area contributed by atoms with Crippen molar-refractivity contribution in [2.45, 2.75) is 37.0 Å². The summed E-state index contributed by atoms with van der Waals surface area (Å²) in [6, 6.07) is 5.78. The fourth-order valence-electron chi connectivity index (χ4n) is 2.21. The average molecular weight is 405 g/mol. The van der Waals surface area contributed by atoms with Crippen LogP contribution in [0.1, 0.15) is 32.1 Å². The van der Waals surface area contributed by atoms with E-state index in [0.717, 1.165) is 30.0 Å². The zero-order chi connectivity index (χ0) is 19.6. The minimum absolute atomic E-state index is 0.0859. The van der Waals surface area contributed by atoms with E-state index in [1.807, 2.05) is 0 Å². The van der Waals surface area contributed by atoms with E-state index in [0.29, 0.717) is 18.0 Å². The molecule has 1 aromatic carbocycles. The van der Waals surface area contributed by atoms with Gasteiger partial charge in [-0.15, -0.1) is 0 Å². The molecule has 0 bridgehead atoms. The maximum Gasteiger partial charge on any atom is 0.305 e. The highest BCUT2D eigenvalue weighted by Crippen LogP contribution is 2.17. The summed E-state index contributed by atoms with van der Waals surface area (Å²) in [4.78, 5) is 22.9. The van der Waals surface area contributed by atoms with Crippen LogP contribution in [0.3, 0.4) is 0 Å². The van der Waals surface area contributed by atoms with Crippen LogP contribution in [-0.2, 0) is 24.3 Å². The van der Waals surface area contributed by atoms with Gasteiger partial charge >= 0.3 is 5.97 Å². The number of carbonyl (C=O) groups excluding carboxylic acids is 2. The van der Waals surface area contributed by atoms with Crippen LogP contribution in [0.4, 0.5) is 0 Å². The summed E-state index contributed by atoms with van der Waals surface area (Å²) in [5, 5.41) is 3.14. The predicted octanol–water partition coefficient (Wildman–Crippen LogP) is 2.20. The first-order chi connectivity index (χ1) is 12.3. The number of amides is 1. The van der Waals surface area contributed by atoms with E-state index in [1.165, 1.54) is 38.4 Å². The molecule has 9 heteroatoms. The molecule has 0 atom stereocenters. The number of unbranched alkanes of at least 4 members (excludes halogenated alkanes) is 3.